The number of non-ortho nitro benzene ring substituents is 1. The van der Waals surface area contributed by atoms with Crippen LogP contribution in [-0.4, -0.2) is 65.0 Å². The Hall–Kier alpha value is -3.70. The average molecular weight is 445 g/mol. The van der Waals surface area contributed by atoms with Gasteiger partial charge >= 0.3 is 12.1 Å². The van der Waals surface area contributed by atoms with E-state index in [1.165, 1.54) is 17.0 Å². The molecular weight excluding hydrogens is 422 g/mol. The van der Waals surface area contributed by atoms with Crippen molar-refractivity contribution >= 4 is 35.3 Å². The number of carbonyl (C=O) groups is 4. The van der Waals surface area contributed by atoms with Gasteiger partial charge in [-0.1, -0.05) is 0 Å². The van der Waals surface area contributed by atoms with Crippen LogP contribution in [-0.2, 0) is 20.7 Å². The molecule has 0 aliphatic carbocycles. The van der Waals surface area contributed by atoms with Gasteiger partial charge < -0.3 is 14.5 Å². The number of amides is 5. The fourth-order valence-electron chi connectivity index (χ4n) is 4.54. The van der Waals surface area contributed by atoms with Crippen LogP contribution >= 0.6 is 0 Å². The van der Waals surface area contributed by atoms with E-state index in [-0.39, 0.29) is 31.7 Å². The van der Waals surface area contributed by atoms with E-state index in [0.29, 0.717) is 11.3 Å². The molecule has 1 atom stereocenters. The fourth-order valence-corrected chi connectivity index (χ4v) is 4.54. The molecule has 3 aliphatic heterocycles. The molecular formula is C20H23N5O7. The van der Waals surface area contributed by atoms with E-state index in [1.54, 1.807) is 31.7 Å². The molecule has 1 spiro atoms. The van der Waals surface area contributed by atoms with Crippen molar-refractivity contribution in [1.29, 1.82) is 0 Å². The lowest BCUT2D eigenvalue weighted by Crippen LogP contribution is -2.75. The Morgan fingerprint density at radius 3 is 2.44 bits per heavy atom. The topological polar surface area (TPSA) is 151 Å². The van der Waals surface area contributed by atoms with Crippen molar-refractivity contribution in [3.05, 3.63) is 33.9 Å². The lowest BCUT2D eigenvalue weighted by molar-refractivity contribution is -0.384. The molecule has 0 saturated carbocycles. The first-order valence-electron chi connectivity index (χ1n) is 10.1. The molecule has 12 nitrogen and oxygen atoms in total. The molecule has 2 N–H and O–H groups in total. The lowest BCUT2D eigenvalue weighted by Gasteiger charge is -2.53. The number of hydrogen-bond donors (Lipinski definition) is 2. The van der Waals surface area contributed by atoms with Gasteiger partial charge in [0.2, 0.25) is 11.8 Å². The molecule has 5 amide bonds. The number of fused-ring (bicyclic) bond motifs is 4. The Morgan fingerprint density at radius 1 is 1.19 bits per heavy atom. The largest absolute Gasteiger partial charge is 0.444 e. The SMILES string of the molecule is CC(C)(C)OC(=O)N1CCN2c3ccc([N+](=O)[O-])cc3CC3(C(=O)NC(=O)NC3=O)C2C1. The zero-order valence-corrected chi connectivity index (χ0v) is 17.8. The number of rotatable bonds is 1. The van der Waals surface area contributed by atoms with Crippen molar-refractivity contribution < 1.29 is 28.8 Å². The van der Waals surface area contributed by atoms with Gasteiger partial charge in [-0.2, -0.15) is 0 Å². The first-order valence-corrected chi connectivity index (χ1v) is 10.1. The van der Waals surface area contributed by atoms with Crippen LogP contribution < -0.4 is 15.5 Å². The number of piperazine rings is 1. The molecule has 4 rings (SSSR count). The molecule has 0 radical (unpaired) electrons. The highest BCUT2D eigenvalue weighted by molar-refractivity contribution is 6.20. The Bertz CT molecular complexity index is 1030. The van der Waals surface area contributed by atoms with E-state index in [0.717, 1.165) is 0 Å². The van der Waals surface area contributed by atoms with Crippen LogP contribution in [0.2, 0.25) is 0 Å². The summed E-state index contributed by atoms with van der Waals surface area (Å²) in [5, 5.41) is 15.6. The highest BCUT2D eigenvalue weighted by Crippen LogP contribution is 2.45. The van der Waals surface area contributed by atoms with Crippen LogP contribution in [0.3, 0.4) is 0 Å². The first kappa shape index (κ1) is 21.5. The molecule has 32 heavy (non-hydrogen) atoms. The highest BCUT2D eigenvalue weighted by Gasteiger charge is 2.61. The van der Waals surface area contributed by atoms with Gasteiger partial charge in [-0.3, -0.25) is 30.3 Å². The lowest BCUT2D eigenvalue weighted by atomic mass is 9.68. The summed E-state index contributed by atoms with van der Waals surface area (Å²) in [6, 6.07) is 2.55. The van der Waals surface area contributed by atoms with Gasteiger partial charge in [0.05, 0.1) is 11.0 Å². The van der Waals surface area contributed by atoms with Crippen molar-refractivity contribution in [2.75, 3.05) is 24.5 Å². The number of barbiturate groups is 1. The van der Waals surface area contributed by atoms with Gasteiger partial charge in [0.1, 0.15) is 5.60 Å². The minimum atomic E-state index is -1.75. The third kappa shape index (κ3) is 3.41. The zero-order valence-electron chi connectivity index (χ0n) is 17.8. The van der Waals surface area contributed by atoms with Gasteiger partial charge in [-0.25, -0.2) is 9.59 Å². The summed E-state index contributed by atoms with van der Waals surface area (Å²) in [5.74, 6) is -1.60. The number of benzene rings is 1. The Morgan fingerprint density at radius 2 is 1.84 bits per heavy atom. The van der Waals surface area contributed by atoms with Gasteiger partial charge in [0, 0.05) is 43.9 Å². The van der Waals surface area contributed by atoms with Gasteiger partial charge in [-0.05, 0) is 32.4 Å². The van der Waals surface area contributed by atoms with Crippen molar-refractivity contribution in [2.24, 2.45) is 5.41 Å². The number of hydrogen-bond acceptors (Lipinski definition) is 8. The van der Waals surface area contributed by atoms with Crippen molar-refractivity contribution in [3.8, 4) is 0 Å². The first-order chi connectivity index (χ1) is 14.9. The van der Waals surface area contributed by atoms with E-state index in [9.17, 15) is 29.3 Å². The standard InChI is InChI=1S/C20H23N5O7/c1-19(2,3)32-18(29)23-6-7-24-13-5-4-12(25(30)31)8-11(13)9-20(14(24)10-23)15(26)21-17(28)22-16(20)27/h4-5,8,14H,6-7,9-10H2,1-3H3,(H2,21,22,26,27,28). The van der Waals surface area contributed by atoms with E-state index < -0.39 is 45.9 Å². The summed E-state index contributed by atoms with van der Waals surface area (Å²) in [7, 11) is 0. The van der Waals surface area contributed by atoms with Crippen molar-refractivity contribution in [1.82, 2.24) is 15.5 Å². The average Bonchev–Trinajstić information content (AvgIpc) is 2.69. The van der Waals surface area contributed by atoms with Crippen molar-refractivity contribution in [2.45, 2.75) is 38.8 Å². The summed E-state index contributed by atoms with van der Waals surface area (Å²) in [6.45, 7) is 5.74. The van der Waals surface area contributed by atoms with Crippen LogP contribution in [0.5, 0.6) is 0 Å². The maximum atomic E-state index is 13.1. The highest BCUT2D eigenvalue weighted by atomic mass is 16.6. The number of nitrogens with one attached hydrogen (secondary N) is 2. The number of imide groups is 2. The molecule has 1 aromatic carbocycles. The van der Waals surface area contributed by atoms with Crippen LogP contribution in [0.15, 0.2) is 18.2 Å². The number of urea groups is 1. The summed E-state index contributed by atoms with van der Waals surface area (Å²) in [6.07, 6.45) is -0.729. The maximum absolute atomic E-state index is 13.1. The second-order valence-corrected chi connectivity index (χ2v) is 9.09. The Kier molecular flexibility index (Phi) is 4.83. The number of anilines is 1. The molecule has 2 saturated heterocycles. The molecule has 0 bridgehead atoms. The summed E-state index contributed by atoms with van der Waals surface area (Å²) in [5.41, 5.74) is -1.56. The molecule has 1 unspecified atom stereocenters. The van der Waals surface area contributed by atoms with Crippen LogP contribution in [0.25, 0.3) is 0 Å². The molecule has 2 fully saturated rings. The van der Waals surface area contributed by atoms with Crippen LogP contribution in [0.4, 0.5) is 21.0 Å². The Labute approximate surface area is 183 Å². The normalized spacial score (nSPS) is 22.0. The van der Waals surface area contributed by atoms with Gasteiger partial charge in [0.15, 0.2) is 5.41 Å². The quantitative estimate of drug-likeness (QED) is 0.368. The van der Waals surface area contributed by atoms with Gasteiger partial charge in [0.25, 0.3) is 5.69 Å². The van der Waals surface area contributed by atoms with Gasteiger partial charge in [-0.15, -0.1) is 0 Å². The number of nitrogens with zero attached hydrogens (tertiary/aromatic N) is 3. The van der Waals surface area contributed by atoms with E-state index >= 15 is 0 Å². The summed E-state index contributed by atoms with van der Waals surface area (Å²) in [4.78, 5) is 64.6. The second-order valence-electron chi connectivity index (χ2n) is 9.09. The van der Waals surface area contributed by atoms with E-state index in [1.807, 2.05) is 0 Å². The summed E-state index contributed by atoms with van der Waals surface area (Å²) >= 11 is 0. The maximum Gasteiger partial charge on any atom is 0.410 e. The molecule has 0 aromatic heterocycles. The number of ether oxygens (including phenoxy) is 1. The predicted molar refractivity (Wildman–Crippen MR) is 110 cm³/mol. The Balaban J connectivity index is 1.78. The molecule has 1 aromatic rings. The minimum Gasteiger partial charge on any atom is -0.444 e. The predicted octanol–water partition coefficient (Wildman–Crippen LogP) is 0.929. The number of carbonyl (C=O) groups excluding carboxylic acids is 4. The third-order valence-corrected chi connectivity index (χ3v) is 5.92. The van der Waals surface area contributed by atoms with E-state index in [4.69, 9.17) is 4.74 Å². The number of nitro groups is 1. The fraction of sp³-hybridized carbons (Fsp3) is 0.500. The monoisotopic (exact) mass is 445 g/mol. The zero-order chi connectivity index (χ0) is 23.4. The van der Waals surface area contributed by atoms with Crippen molar-refractivity contribution in [3.63, 3.8) is 0 Å². The molecule has 12 heteroatoms. The van der Waals surface area contributed by atoms with Crippen LogP contribution in [0.1, 0.15) is 26.3 Å². The van der Waals surface area contributed by atoms with Crippen LogP contribution in [0, 0.1) is 15.5 Å². The smallest absolute Gasteiger partial charge is 0.410 e. The summed E-state index contributed by atoms with van der Waals surface area (Å²) < 4.78 is 5.45. The minimum absolute atomic E-state index is 0.000368. The second kappa shape index (κ2) is 7.18. The molecule has 170 valence electrons. The third-order valence-electron chi connectivity index (χ3n) is 5.92. The number of nitro benzene ring substituents is 1. The van der Waals surface area contributed by atoms with E-state index in [2.05, 4.69) is 10.6 Å². The molecule has 3 heterocycles. The molecule has 3 aliphatic rings.